The van der Waals surface area contributed by atoms with E-state index in [1.807, 2.05) is 12.1 Å². The lowest BCUT2D eigenvalue weighted by atomic mass is 10.0. The molecule has 0 saturated carbocycles. The average Bonchev–Trinajstić information content (AvgIpc) is 3.57. The maximum absolute atomic E-state index is 12.4. The van der Waals surface area contributed by atoms with Crippen LogP contribution in [0.25, 0.3) is 44.4 Å². The van der Waals surface area contributed by atoms with E-state index in [-0.39, 0.29) is 22.5 Å². The highest BCUT2D eigenvalue weighted by Gasteiger charge is 2.27. The zero-order valence-electron chi connectivity index (χ0n) is 23.7. The number of nitrogens with zero attached hydrogens (tertiary/aromatic N) is 2. The summed E-state index contributed by atoms with van der Waals surface area (Å²) in [5, 5.41) is 20.2. The molecule has 0 fully saturated rings. The Bertz CT molecular complexity index is 1820. The summed E-state index contributed by atoms with van der Waals surface area (Å²) >= 11 is 0. The van der Waals surface area contributed by atoms with Gasteiger partial charge >= 0.3 is 11.9 Å². The molecule has 0 amide bonds. The van der Waals surface area contributed by atoms with E-state index in [9.17, 15) is 19.8 Å². The molecule has 4 N–H and O–H groups in total. The molecule has 8 bridgehead atoms. The van der Waals surface area contributed by atoms with Crippen LogP contribution in [-0.2, 0) is 28.9 Å². The van der Waals surface area contributed by atoms with E-state index in [0.29, 0.717) is 22.5 Å². The minimum Gasteiger partial charge on any atom is -0.478 e. The minimum absolute atomic E-state index is 0.0395. The number of hydrogen-bond donors (Lipinski definition) is 4. The van der Waals surface area contributed by atoms with E-state index in [2.05, 4.69) is 48.7 Å². The third-order valence-electron chi connectivity index (χ3n) is 8.01. The molecule has 206 valence electrons. The number of nitrogens with one attached hydrogen (secondary N) is 2. The van der Waals surface area contributed by atoms with Gasteiger partial charge in [0.25, 0.3) is 0 Å². The highest BCUT2D eigenvalue weighted by molar-refractivity contribution is 6.26. The number of rotatable bonds is 6. The molecule has 0 aromatic carbocycles. The smallest absolute Gasteiger partial charge is 0.338 e. The van der Waals surface area contributed by atoms with Gasteiger partial charge in [0.1, 0.15) is 0 Å². The second-order valence-corrected chi connectivity index (χ2v) is 10.4. The molecule has 5 heterocycles. The number of aromatic nitrogens is 4. The van der Waals surface area contributed by atoms with Crippen molar-refractivity contribution in [2.24, 2.45) is 0 Å². The quantitative estimate of drug-likeness (QED) is 0.275. The first kappa shape index (κ1) is 27.1. The molecule has 8 heteroatoms. The van der Waals surface area contributed by atoms with Gasteiger partial charge in [-0.05, 0) is 97.7 Å². The van der Waals surface area contributed by atoms with Crippen LogP contribution in [0.2, 0.25) is 0 Å². The molecule has 0 radical (unpaired) electrons. The van der Waals surface area contributed by atoms with Gasteiger partial charge in [-0.15, -0.1) is 0 Å². The van der Waals surface area contributed by atoms with Gasteiger partial charge < -0.3 is 20.2 Å². The Labute approximate surface area is 232 Å². The zero-order valence-corrected chi connectivity index (χ0v) is 23.7. The molecule has 2 aliphatic heterocycles. The van der Waals surface area contributed by atoms with Gasteiger partial charge in [0.2, 0.25) is 0 Å². The summed E-state index contributed by atoms with van der Waals surface area (Å²) in [5.74, 6) is -2.24. The van der Waals surface area contributed by atoms with Gasteiger partial charge in [-0.1, -0.05) is 27.2 Å². The summed E-state index contributed by atoms with van der Waals surface area (Å²) in [6.07, 6.45) is 3.46. The highest BCUT2D eigenvalue weighted by atomic mass is 16.4. The molecule has 3 aromatic heterocycles. The Morgan fingerprint density at radius 2 is 1.12 bits per heavy atom. The Kier molecular flexibility index (Phi) is 6.96. The monoisotopic (exact) mass is 538 g/mol. The van der Waals surface area contributed by atoms with Gasteiger partial charge in [0.15, 0.2) is 0 Å². The van der Waals surface area contributed by atoms with Crippen LogP contribution in [0.5, 0.6) is 0 Å². The predicted octanol–water partition coefficient (Wildman–Crippen LogP) is 6.73. The topological polar surface area (TPSA) is 132 Å². The molecule has 5 rings (SSSR count). The number of carboxylic acids is 2. The third kappa shape index (κ3) is 4.33. The van der Waals surface area contributed by atoms with Gasteiger partial charge in [-0.25, -0.2) is 19.6 Å². The van der Waals surface area contributed by atoms with Crippen LogP contribution in [-0.4, -0.2) is 42.1 Å². The van der Waals surface area contributed by atoms with Gasteiger partial charge in [0.05, 0.1) is 33.9 Å². The number of aliphatic carboxylic acids is 2. The molecule has 2 aliphatic rings. The average molecular weight is 539 g/mol. The van der Waals surface area contributed by atoms with E-state index in [4.69, 9.17) is 4.98 Å². The molecule has 40 heavy (non-hydrogen) atoms. The third-order valence-corrected chi connectivity index (χ3v) is 8.01. The van der Waals surface area contributed by atoms with Crippen LogP contribution in [0.15, 0.2) is 24.3 Å². The van der Waals surface area contributed by atoms with Crippen LogP contribution in [0, 0.1) is 6.92 Å². The van der Waals surface area contributed by atoms with E-state index in [0.717, 1.165) is 58.9 Å². The second-order valence-electron chi connectivity index (χ2n) is 10.4. The summed E-state index contributed by atoms with van der Waals surface area (Å²) in [6.45, 7) is 11.9. The number of aryl methyl sites for hydroxylation is 4. The second kappa shape index (κ2) is 10.3. The first-order valence-corrected chi connectivity index (χ1v) is 13.7. The Morgan fingerprint density at radius 1 is 0.650 bits per heavy atom. The van der Waals surface area contributed by atoms with E-state index in [1.54, 1.807) is 13.8 Å². The number of allylic oxidation sites excluding steroid dienone is 2. The Hall–Kier alpha value is -4.46. The number of carboxylic acid groups (broad SMARTS) is 2. The lowest BCUT2D eigenvalue weighted by Gasteiger charge is -2.01. The van der Waals surface area contributed by atoms with Gasteiger partial charge in [-0.3, -0.25) is 0 Å². The largest absolute Gasteiger partial charge is 0.478 e. The van der Waals surface area contributed by atoms with Crippen molar-refractivity contribution in [2.75, 3.05) is 0 Å². The molecule has 8 nitrogen and oxygen atoms in total. The van der Waals surface area contributed by atoms with Crippen molar-refractivity contribution in [3.05, 3.63) is 69.3 Å². The summed E-state index contributed by atoms with van der Waals surface area (Å²) in [6, 6.07) is 7.42. The lowest BCUT2D eigenvalue weighted by Crippen LogP contribution is -2.01. The van der Waals surface area contributed by atoms with Crippen LogP contribution in [0.1, 0.15) is 86.1 Å². The van der Waals surface area contributed by atoms with Crippen molar-refractivity contribution in [2.45, 2.75) is 67.2 Å². The van der Waals surface area contributed by atoms with Crippen molar-refractivity contribution < 1.29 is 19.8 Å². The molecule has 0 unspecified atom stereocenters. The molecule has 0 spiro atoms. The summed E-state index contributed by atoms with van der Waals surface area (Å²) < 4.78 is 0. The first-order chi connectivity index (χ1) is 19.1. The van der Waals surface area contributed by atoms with Crippen molar-refractivity contribution in [3.8, 4) is 0 Å². The van der Waals surface area contributed by atoms with E-state index < -0.39 is 11.9 Å². The molecule has 0 saturated heterocycles. The summed E-state index contributed by atoms with van der Waals surface area (Å²) in [7, 11) is 0. The maximum atomic E-state index is 12.4. The van der Waals surface area contributed by atoms with E-state index in [1.165, 1.54) is 17.2 Å². The van der Waals surface area contributed by atoms with Gasteiger partial charge in [-0.2, -0.15) is 0 Å². The number of hydrogen-bond acceptors (Lipinski definition) is 4. The number of carbonyl (C=O) groups is 2. The van der Waals surface area contributed by atoms with Crippen LogP contribution >= 0.6 is 0 Å². The zero-order chi connectivity index (χ0) is 28.9. The minimum atomic E-state index is -1.12. The predicted molar refractivity (Wildman–Crippen MR) is 159 cm³/mol. The number of H-pyrrole nitrogens is 2. The molecule has 3 aromatic rings. The standard InChI is InChI=1S/C32H34N4O4/c1-7-10-20-19(9-3)25-11-21-15(4)18(8-2)24(33-21)12-22-16(5)29(31(37)38)27(34-22)14-28-30(32(39)40)17(6)23(35-28)13-26(20)36-25/h11-14,33,36H,7-10H2,1-6H3,(H,37,38)(H,39,40). The van der Waals surface area contributed by atoms with Crippen molar-refractivity contribution in [1.82, 2.24) is 19.9 Å². The summed E-state index contributed by atoms with van der Waals surface area (Å²) in [5.41, 5.74) is 11.0. The van der Waals surface area contributed by atoms with Gasteiger partial charge in [0, 0.05) is 22.1 Å². The molecule has 0 atom stereocenters. The van der Waals surface area contributed by atoms with E-state index >= 15 is 0 Å². The van der Waals surface area contributed by atoms with Crippen LogP contribution in [0.4, 0.5) is 0 Å². The molecular formula is C32H34N4O4. The first-order valence-electron chi connectivity index (χ1n) is 13.7. The fraction of sp³-hybridized carbons (Fsp3) is 0.312. The van der Waals surface area contributed by atoms with Crippen molar-refractivity contribution in [1.29, 1.82) is 0 Å². The molecular weight excluding hydrogens is 504 g/mol. The Balaban J connectivity index is 2.03. The van der Waals surface area contributed by atoms with Crippen molar-refractivity contribution >= 4 is 56.3 Å². The fourth-order valence-electron chi connectivity index (χ4n) is 5.97. The SMILES string of the molecule is CCCc1c(CC)c2cc3[nH]c(cc4nc(cc5nc(cc1[nH]2)C(C)=C5C(=O)O)C(C(=O)O)=C4C)c(CC)c3C. The molecule has 0 aliphatic carbocycles. The fourth-order valence-corrected chi connectivity index (χ4v) is 5.97. The number of aromatic amines is 2. The lowest BCUT2D eigenvalue weighted by molar-refractivity contribution is -0.131. The highest BCUT2D eigenvalue weighted by Crippen LogP contribution is 2.35. The van der Waals surface area contributed by atoms with Crippen LogP contribution in [0.3, 0.4) is 0 Å². The maximum Gasteiger partial charge on any atom is 0.338 e. The Morgan fingerprint density at radius 3 is 1.60 bits per heavy atom. The van der Waals surface area contributed by atoms with Crippen LogP contribution < -0.4 is 0 Å². The normalized spacial score (nSPS) is 13.3. The van der Waals surface area contributed by atoms with Crippen molar-refractivity contribution in [3.63, 3.8) is 0 Å². The summed E-state index contributed by atoms with van der Waals surface area (Å²) in [4.78, 5) is 41.2. The number of fused-ring (bicyclic) bond motifs is 8.